The maximum Gasteiger partial charge on any atom is 0.214 e. The number of benzene rings is 1. The van der Waals surface area contributed by atoms with Crippen molar-refractivity contribution in [2.45, 2.75) is 12.8 Å². The predicted octanol–water partition coefficient (Wildman–Crippen LogP) is 3.39. The minimum Gasteiger partial charge on any atom is -0.369 e. The van der Waals surface area contributed by atoms with E-state index in [2.05, 4.69) is 5.92 Å². The smallest absolute Gasteiger partial charge is 0.214 e. The molecule has 0 N–H and O–H groups in total. The topological polar surface area (TPSA) is 26.3 Å². The zero-order valence-corrected chi connectivity index (χ0v) is 11.7. The van der Waals surface area contributed by atoms with Crippen LogP contribution in [0.25, 0.3) is 6.08 Å². The molecule has 1 aromatic carbocycles. The summed E-state index contributed by atoms with van der Waals surface area (Å²) in [4.78, 5) is 11.4. The minimum absolute atomic E-state index is 0.0603. The van der Waals surface area contributed by atoms with Gasteiger partial charge in [0, 0.05) is 12.2 Å². The van der Waals surface area contributed by atoms with E-state index in [1.807, 2.05) is 42.5 Å². The maximum absolute atomic E-state index is 11.4. The van der Waals surface area contributed by atoms with E-state index >= 15 is 0 Å². The molecule has 0 atom stereocenters. The van der Waals surface area contributed by atoms with Crippen molar-refractivity contribution in [3.63, 3.8) is 0 Å². The molecule has 0 saturated carbocycles. The van der Waals surface area contributed by atoms with Crippen molar-refractivity contribution in [3.8, 4) is 12.3 Å². The van der Waals surface area contributed by atoms with Gasteiger partial charge in [-0.25, -0.2) is 0 Å². The number of unbranched alkanes of at least 4 members (excludes halogenated alkanes) is 1. The predicted molar refractivity (Wildman–Crippen MR) is 81.8 cm³/mol. The molecule has 0 heterocycles. The van der Waals surface area contributed by atoms with Gasteiger partial charge in [0.25, 0.3) is 0 Å². The third kappa shape index (κ3) is 8.25. The highest BCUT2D eigenvalue weighted by molar-refractivity contribution is 8.13. The summed E-state index contributed by atoms with van der Waals surface area (Å²) in [7, 11) is 0. The fraction of sp³-hybridized carbons (Fsp3) is 0.312. The van der Waals surface area contributed by atoms with E-state index in [-0.39, 0.29) is 11.7 Å². The molecule has 0 fully saturated rings. The summed E-state index contributed by atoms with van der Waals surface area (Å²) in [5.74, 6) is 3.32. The first kappa shape index (κ1) is 15.6. The number of hydrogen-bond donors (Lipinski definition) is 0. The van der Waals surface area contributed by atoms with Gasteiger partial charge < -0.3 is 4.74 Å². The molecule has 1 aromatic rings. The molecule has 0 amide bonds. The SMILES string of the molecule is C#CCCCSC(=O)COC/C=C/c1ccccc1. The number of carbonyl (C=O) groups excluding carboxylic acids is 1. The van der Waals surface area contributed by atoms with Gasteiger partial charge in [-0.15, -0.1) is 12.3 Å². The quantitative estimate of drug-likeness (QED) is 0.537. The lowest BCUT2D eigenvalue weighted by Crippen LogP contribution is -2.05. The molecule has 19 heavy (non-hydrogen) atoms. The molecule has 2 nitrogen and oxygen atoms in total. The molecule has 0 unspecified atom stereocenters. The van der Waals surface area contributed by atoms with Gasteiger partial charge >= 0.3 is 0 Å². The van der Waals surface area contributed by atoms with Gasteiger partial charge in [-0.05, 0) is 12.0 Å². The van der Waals surface area contributed by atoms with Gasteiger partial charge in [-0.1, -0.05) is 54.2 Å². The van der Waals surface area contributed by atoms with Crippen molar-refractivity contribution < 1.29 is 9.53 Å². The summed E-state index contributed by atoms with van der Waals surface area (Å²) in [6.07, 6.45) is 10.6. The summed E-state index contributed by atoms with van der Waals surface area (Å²) < 4.78 is 5.28. The first-order valence-electron chi connectivity index (χ1n) is 6.21. The Hall–Kier alpha value is -1.50. The molecule has 0 saturated heterocycles. The molecule has 0 radical (unpaired) electrons. The summed E-state index contributed by atoms with van der Waals surface area (Å²) in [6.45, 7) is 0.603. The van der Waals surface area contributed by atoms with Crippen LogP contribution in [0.2, 0.25) is 0 Å². The van der Waals surface area contributed by atoms with Crippen LogP contribution in [0.5, 0.6) is 0 Å². The Balaban J connectivity index is 2.06. The highest BCUT2D eigenvalue weighted by Crippen LogP contribution is 2.06. The van der Waals surface area contributed by atoms with Crippen molar-refractivity contribution in [3.05, 3.63) is 42.0 Å². The summed E-state index contributed by atoms with van der Waals surface area (Å²) in [5.41, 5.74) is 1.13. The molecule has 3 heteroatoms. The van der Waals surface area contributed by atoms with Crippen LogP contribution in [-0.2, 0) is 9.53 Å². The minimum atomic E-state index is 0.0603. The second kappa shape index (κ2) is 10.4. The van der Waals surface area contributed by atoms with Crippen molar-refractivity contribution in [2.75, 3.05) is 19.0 Å². The van der Waals surface area contributed by atoms with Crippen LogP contribution in [0.1, 0.15) is 18.4 Å². The molecule has 0 aliphatic rings. The van der Waals surface area contributed by atoms with Crippen LogP contribution in [0, 0.1) is 12.3 Å². The first-order valence-corrected chi connectivity index (χ1v) is 7.20. The molecule has 0 aromatic heterocycles. The van der Waals surface area contributed by atoms with E-state index in [0.717, 1.165) is 24.2 Å². The molecule has 0 aliphatic heterocycles. The monoisotopic (exact) mass is 274 g/mol. The average Bonchev–Trinajstić information content (AvgIpc) is 2.44. The van der Waals surface area contributed by atoms with Crippen LogP contribution < -0.4 is 0 Å². The molecule has 100 valence electrons. The maximum atomic E-state index is 11.4. The Labute approximate surface area is 119 Å². The molecular formula is C16H18O2S. The van der Waals surface area contributed by atoms with Crippen LogP contribution in [0.3, 0.4) is 0 Å². The van der Waals surface area contributed by atoms with Gasteiger partial charge in [0.15, 0.2) is 0 Å². The fourth-order valence-electron chi connectivity index (χ4n) is 1.36. The highest BCUT2D eigenvalue weighted by atomic mass is 32.2. The number of terminal acetylenes is 1. The standard InChI is InChI=1S/C16H18O2S/c1-2-3-7-13-19-16(17)14-18-12-8-11-15-9-5-4-6-10-15/h1,4-6,8-11H,3,7,12-14H2/b11-8+. The lowest BCUT2D eigenvalue weighted by molar-refractivity contribution is -0.114. The summed E-state index contributed by atoms with van der Waals surface area (Å²) in [6, 6.07) is 9.98. The Morgan fingerprint density at radius 1 is 1.37 bits per heavy atom. The van der Waals surface area contributed by atoms with Crippen molar-refractivity contribution in [1.82, 2.24) is 0 Å². The van der Waals surface area contributed by atoms with Crippen LogP contribution in [-0.4, -0.2) is 24.1 Å². The van der Waals surface area contributed by atoms with Crippen LogP contribution >= 0.6 is 11.8 Å². The van der Waals surface area contributed by atoms with E-state index < -0.39 is 0 Å². The molecule has 0 aliphatic carbocycles. The van der Waals surface area contributed by atoms with Gasteiger partial charge in [-0.2, -0.15) is 0 Å². The van der Waals surface area contributed by atoms with Crippen LogP contribution in [0.15, 0.2) is 36.4 Å². The van der Waals surface area contributed by atoms with E-state index in [9.17, 15) is 4.79 Å². The lowest BCUT2D eigenvalue weighted by atomic mass is 10.2. The highest BCUT2D eigenvalue weighted by Gasteiger charge is 2.01. The Morgan fingerprint density at radius 2 is 2.16 bits per heavy atom. The lowest BCUT2D eigenvalue weighted by Gasteiger charge is -2.00. The summed E-state index contributed by atoms with van der Waals surface area (Å²) in [5, 5.41) is 0.0603. The van der Waals surface area contributed by atoms with Crippen molar-refractivity contribution in [1.29, 1.82) is 0 Å². The van der Waals surface area contributed by atoms with E-state index in [4.69, 9.17) is 11.2 Å². The normalized spacial score (nSPS) is 10.5. The van der Waals surface area contributed by atoms with E-state index in [1.54, 1.807) is 0 Å². The zero-order valence-electron chi connectivity index (χ0n) is 10.9. The molecular weight excluding hydrogens is 256 g/mol. The van der Waals surface area contributed by atoms with Crippen LogP contribution in [0.4, 0.5) is 0 Å². The Bertz CT molecular complexity index is 432. The molecule has 0 bridgehead atoms. The number of carbonyl (C=O) groups is 1. The van der Waals surface area contributed by atoms with E-state index in [1.165, 1.54) is 11.8 Å². The van der Waals surface area contributed by atoms with Crippen molar-refractivity contribution >= 4 is 23.0 Å². The third-order valence-electron chi connectivity index (χ3n) is 2.27. The van der Waals surface area contributed by atoms with Gasteiger partial charge in [-0.3, -0.25) is 4.79 Å². The van der Waals surface area contributed by atoms with Gasteiger partial charge in [0.2, 0.25) is 5.12 Å². The zero-order chi connectivity index (χ0) is 13.8. The fourth-order valence-corrected chi connectivity index (χ4v) is 2.04. The largest absolute Gasteiger partial charge is 0.369 e. The second-order valence-electron chi connectivity index (χ2n) is 3.86. The molecule has 0 spiro atoms. The third-order valence-corrected chi connectivity index (χ3v) is 3.20. The number of ether oxygens (including phenoxy) is 1. The Kier molecular flexibility index (Phi) is 8.54. The summed E-state index contributed by atoms with van der Waals surface area (Å²) >= 11 is 1.29. The first-order chi connectivity index (χ1) is 9.33. The number of thioether (sulfide) groups is 1. The van der Waals surface area contributed by atoms with E-state index in [0.29, 0.717) is 6.61 Å². The second-order valence-corrected chi connectivity index (χ2v) is 5.01. The van der Waals surface area contributed by atoms with Gasteiger partial charge in [0.1, 0.15) is 6.61 Å². The average molecular weight is 274 g/mol. The number of hydrogen-bond acceptors (Lipinski definition) is 3. The number of rotatable bonds is 8. The Morgan fingerprint density at radius 3 is 2.89 bits per heavy atom. The molecule has 1 rings (SSSR count). The van der Waals surface area contributed by atoms with Crippen molar-refractivity contribution in [2.24, 2.45) is 0 Å². The van der Waals surface area contributed by atoms with Gasteiger partial charge in [0.05, 0.1) is 6.61 Å².